The fourth-order valence-electron chi connectivity index (χ4n) is 2.39. The summed E-state index contributed by atoms with van der Waals surface area (Å²) in [6.07, 6.45) is 7.95. The first kappa shape index (κ1) is 10.6. The molecule has 1 saturated carbocycles. The molecule has 76 valence electrons. The van der Waals surface area contributed by atoms with E-state index in [1.807, 2.05) is 6.92 Å². The first-order chi connectivity index (χ1) is 6.24. The van der Waals surface area contributed by atoms with Crippen LogP contribution < -0.4 is 5.32 Å². The van der Waals surface area contributed by atoms with Gasteiger partial charge in [0.05, 0.1) is 5.84 Å². The third kappa shape index (κ3) is 3.37. The molecule has 2 atom stereocenters. The third-order valence-corrected chi connectivity index (χ3v) is 2.97. The third-order valence-electron chi connectivity index (χ3n) is 2.97. The summed E-state index contributed by atoms with van der Waals surface area (Å²) < 4.78 is 0. The molecule has 2 nitrogen and oxygen atoms in total. The van der Waals surface area contributed by atoms with Crippen molar-refractivity contribution in [1.82, 2.24) is 5.32 Å². The molecule has 0 heterocycles. The van der Waals surface area contributed by atoms with Gasteiger partial charge in [-0.1, -0.05) is 26.2 Å². The second kappa shape index (κ2) is 5.25. The fourth-order valence-corrected chi connectivity index (χ4v) is 2.39. The summed E-state index contributed by atoms with van der Waals surface area (Å²) in [5, 5.41) is 10.7. The van der Waals surface area contributed by atoms with Gasteiger partial charge < -0.3 is 5.32 Å². The minimum atomic E-state index is 0.589. The Kier molecular flexibility index (Phi) is 4.26. The smallest absolute Gasteiger partial charge is 0.0902 e. The van der Waals surface area contributed by atoms with Crippen molar-refractivity contribution in [2.75, 3.05) is 0 Å². The van der Waals surface area contributed by atoms with E-state index in [-0.39, 0.29) is 0 Å². The van der Waals surface area contributed by atoms with Crippen LogP contribution in [-0.2, 0) is 0 Å². The zero-order valence-corrected chi connectivity index (χ0v) is 8.90. The number of nitrogens with one attached hydrogen (secondary N) is 2. The van der Waals surface area contributed by atoms with E-state index in [0.717, 1.165) is 5.92 Å². The molecule has 2 unspecified atom stereocenters. The maximum atomic E-state index is 7.44. The maximum absolute atomic E-state index is 7.44. The Morgan fingerprint density at radius 3 is 2.69 bits per heavy atom. The first-order valence-electron chi connectivity index (χ1n) is 5.55. The molecule has 0 bridgehead atoms. The van der Waals surface area contributed by atoms with Crippen molar-refractivity contribution in [2.45, 2.75) is 58.4 Å². The lowest BCUT2D eigenvalue weighted by atomic mass is 9.82. The number of rotatable bonds is 3. The maximum Gasteiger partial charge on any atom is 0.0902 e. The highest BCUT2D eigenvalue weighted by Gasteiger charge is 2.23. The monoisotopic (exact) mass is 182 g/mol. The van der Waals surface area contributed by atoms with Crippen molar-refractivity contribution in [3.05, 3.63) is 0 Å². The van der Waals surface area contributed by atoms with E-state index in [9.17, 15) is 0 Å². The number of amidine groups is 1. The Morgan fingerprint density at radius 2 is 2.08 bits per heavy atom. The van der Waals surface area contributed by atoms with Crippen LogP contribution in [0.3, 0.4) is 0 Å². The molecule has 0 radical (unpaired) electrons. The van der Waals surface area contributed by atoms with Gasteiger partial charge in [-0.15, -0.1) is 0 Å². The van der Waals surface area contributed by atoms with Crippen molar-refractivity contribution in [2.24, 2.45) is 5.92 Å². The molecule has 0 aromatic rings. The lowest BCUT2D eigenvalue weighted by Gasteiger charge is -2.32. The normalized spacial score (nSPS) is 28.5. The Bertz CT molecular complexity index is 163. The summed E-state index contributed by atoms with van der Waals surface area (Å²) in [6.45, 7) is 4.10. The van der Waals surface area contributed by atoms with Crippen LogP contribution >= 0.6 is 0 Å². The topological polar surface area (TPSA) is 35.9 Å². The van der Waals surface area contributed by atoms with Gasteiger partial charge >= 0.3 is 0 Å². The van der Waals surface area contributed by atoms with Gasteiger partial charge in [0, 0.05) is 6.04 Å². The van der Waals surface area contributed by atoms with E-state index >= 15 is 0 Å². The molecule has 1 aliphatic rings. The lowest BCUT2D eigenvalue weighted by Crippen LogP contribution is -2.40. The lowest BCUT2D eigenvalue weighted by molar-refractivity contribution is 0.270. The molecule has 1 fully saturated rings. The zero-order valence-electron chi connectivity index (χ0n) is 8.90. The summed E-state index contributed by atoms with van der Waals surface area (Å²) in [7, 11) is 0. The Morgan fingerprint density at radius 1 is 1.38 bits per heavy atom. The average molecular weight is 182 g/mol. The number of hydrogen-bond acceptors (Lipinski definition) is 1. The minimum Gasteiger partial charge on any atom is -0.371 e. The molecule has 0 amide bonds. The summed E-state index contributed by atoms with van der Waals surface area (Å²) in [4.78, 5) is 0. The quantitative estimate of drug-likeness (QED) is 0.511. The van der Waals surface area contributed by atoms with E-state index in [1.54, 1.807) is 0 Å². The van der Waals surface area contributed by atoms with Crippen molar-refractivity contribution in [1.29, 1.82) is 5.41 Å². The highest BCUT2D eigenvalue weighted by Crippen LogP contribution is 2.27. The van der Waals surface area contributed by atoms with Crippen molar-refractivity contribution in [3.63, 3.8) is 0 Å². The predicted octanol–water partition coefficient (Wildman–Crippen LogP) is 2.93. The van der Waals surface area contributed by atoms with E-state index in [2.05, 4.69) is 12.2 Å². The molecule has 2 N–H and O–H groups in total. The van der Waals surface area contributed by atoms with E-state index in [0.29, 0.717) is 11.9 Å². The average Bonchev–Trinajstić information content (AvgIpc) is 2.08. The van der Waals surface area contributed by atoms with Gasteiger partial charge in [-0.05, 0) is 32.1 Å². The first-order valence-corrected chi connectivity index (χ1v) is 5.55. The molecule has 0 aromatic heterocycles. The zero-order chi connectivity index (χ0) is 9.68. The predicted molar refractivity (Wildman–Crippen MR) is 57.2 cm³/mol. The highest BCUT2D eigenvalue weighted by atomic mass is 15.0. The second-order valence-electron chi connectivity index (χ2n) is 4.21. The Labute approximate surface area is 81.6 Å². The summed E-state index contributed by atoms with van der Waals surface area (Å²) >= 11 is 0. The van der Waals surface area contributed by atoms with Crippen LogP contribution in [0.5, 0.6) is 0 Å². The number of hydrogen-bond donors (Lipinski definition) is 2. The van der Waals surface area contributed by atoms with Gasteiger partial charge in [-0.2, -0.15) is 0 Å². The van der Waals surface area contributed by atoms with Crippen LogP contribution in [0, 0.1) is 11.3 Å². The summed E-state index contributed by atoms with van der Waals surface area (Å²) in [5.41, 5.74) is 0. The van der Waals surface area contributed by atoms with Crippen molar-refractivity contribution < 1.29 is 0 Å². The van der Waals surface area contributed by atoms with E-state index < -0.39 is 0 Å². The molecular weight excluding hydrogens is 160 g/mol. The Balaban J connectivity index is 2.41. The van der Waals surface area contributed by atoms with Gasteiger partial charge in [0.25, 0.3) is 0 Å². The molecule has 2 heteroatoms. The van der Waals surface area contributed by atoms with Crippen LogP contribution in [0.4, 0.5) is 0 Å². The van der Waals surface area contributed by atoms with Crippen molar-refractivity contribution in [3.8, 4) is 0 Å². The second-order valence-corrected chi connectivity index (χ2v) is 4.21. The van der Waals surface area contributed by atoms with Gasteiger partial charge in [0.2, 0.25) is 0 Å². The molecule has 1 aliphatic carbocycles. The van der Waals surface area contributed by atoms with E-state index in [4.69, 9.17) is 5.41 Å². The van der Waals surface area contributed by atoms with Gasteiger partial charge in [-0.25, -0.2) is 0 Å². The van der Waals surface area contributed by atoms with E-state index in [1.165, 1.54) is 38.5 Å². The highest BCUT2D eigenvalue weighted by molar-refractivity contribution is 5.76. The van der Waals surface area contributed by atoms with Crippen LogP contribution in [0.25, 0.3) is 0 Å². The van der Waals surface area contributed by atoms with Gasteiger partial charge in [0.1, 0.15) is 0 Å². The Hall–Kier alpha value is -0.530. The summed E-state index contributed by atoms with van der Waals surface area (Å²) in [5.74, 6) is 1.45. The molecule has 0 saturated heterocycles. The molecule has 0 aromatic carbocycles. The molecule has 0 aliphatic heterocycles. The van der Waals surface area contributed by atoms with Crippen LogP contribution in [0.2, 0.25) is 0 Å². The molecular formula is C11H22N2. The van der Waals surface area contributed by atoms with Crippen molar-refractivity contribution >= 4 is 5.84 Å². The van der Waals surface area contributed by atoms with Crippen LogP contribution in [0.1, 0.15) is 52.4 Å². The van der Waals surface area contributed by atoms with Gasteiger partial charge in [-0.3, -0.25) is 5.41 Å². The fraction of sp³-hybridized carbons (Fsp3) is 0.909. The molecule has 1 rings (SSSR count). The van der Waals surface area contributed by atoms with Crippen LogP contribution in [-0.4, -0.2) is 11.9 Å². The standard InChI is InChI=1S/C11H22N2/c1-3-6-10-7-4-5-8-11(10)13-9(2)12/h10-11H,3-8H2,1-2H3,(H2,12,13). The van der Waals surface area contributed by atoms with Gasteiger partial charge in [0.15, 0.2) is 0 Å². The summed E-state index contributed by atoms with van der Waals surface area (Å²) in [6, 6.07) is 0.589. The SMILES string of the molecule is CCCC1CCCCC1NC(C)=N. The molecule has 13 heavy (non-hydrogen) atoms. The van der Waals surface area contributed by atoms with Crippen LogP contribution in [0.15, 0.2) is 0 Å². The molecule has 0 spiro atoms. The largest absolute Gasteiger partial charge is 0.371 e. The minimum absolute atomic E-state index is 0.589.